The van der Waals surface area contributed by atoms with Crippen LogP contribution in [-0.4, -0.2) is 9.13 Å². The summed E-state index contributed by atoms with van der Waals surface area (Å²) in [5.74, 6) is 0. The maximum atomic E-state index is 6.75. The van der Waals surface area contributed by atoms with Crippen LogP contribution in [0.4, 0.5) is 34.1 Å². The molecule has 26 rings (SSSR count). The average Bonchev–Trinajstić information content (AvgIpc) is 1.54. The smallest absolute Gasteiger partial charge is 0.143 e. The molecular weight excluding hydrogens is 1600 g/mol. The van der Waals surface area contributed by atoms with E-state index in [1.165, 1.54) is 105 Å². The minimum absolute atomic E-state index is 0.119. The standard InChI is InChI=1S/2C63H44N2O/c1-63(2)57-22-12-9-19-50(57)51-35-34-49(40-58(51)63)64(47-30-25-42(26-31-47)41-15-5-3-6-16-41)48-32-27-43(28-33-48)45-38-54(62-56(39-45)53-21-11-14-24-61(53)66-62)44-29-36-60-55(37-44)52-20-10-13-23-59(52)65(60)46-17-7-4-8-18-46;1-63(2)57-22-12-9-19-50(57)51-36-34-49(40-58(51)63)64(47-30-25-42(26-31-47)41-15-5-3-6-16-41)48-32-27-43(28-33-48)45-37-55(62-56(38-45)54-21-11-14-24-61(54)66-62)44-29-35-53-52-20-10-13-23-59(52)65(60(53)39-44)46-17-7-4-8-18-46/h2*3-40H,1-2H3. The van der Waals surface area contributed by atoms with E-state index < -0.39 is 0 Å². The number of nitrogens with zero attached hydrogens (tertiary/aromatic N) is 4. The van der Waals surface area contributed by atoms with Crippen molar-refractivity contribution in [2.45, 2.75) is 38.5 Å². The van der Waals surface area contributed by atoms with Gasteiger partial charge in [-0.2, -0.15) is 0 Å². The Balaban J connectivity index is 0.000000142. The molecule has 0 radical (unpaired) electrons. The van der Waals surface area contributed by atoms with Gasteiger partial charge >= 0.3 is 0 Å². The first kappa shape index (κ1) is 77.5. The van der Waals surface area contributed by atoms with Gasteiger partial charge in [0.05, 0.1) is 22.1 Å². The molecule has 4 heterocycles. The second kappa shape index (κ2) is 31.0. The fourth-order valence-electron chi connectivity index (χ4n) is 21.4. The number of benzene rings is 20. The molecule has 624 valence electrons. The van der Waals surface area contributed by atoms with Crippen LogP contribution < -0.4 is 9.80 Å². The molecule has 0 atom stereocenters. The molecule has 132 heavy (non-hydrogen) atoms. The lowest BCUT2D eigenvalue weighted by molar-refractivity contribution is 0.660. The first-order valence-corrected chi connectivity index (χ1v) is 45.7. The Kier molecular flexibility index (Phi) is 18.2. The van der Waals surface area contributed by atoms with Crippen LogP contribution in [0.25, 0.3) is 188 Å². The van der Waals surface area contributed by atoms with Gasteiger partial charge in [0.15, 0.2) is 0 Å². The van der Waals surface area contributed by atoms with Crippen molar-refractivity contribution in [2.24, 2.45) is 0 Å². The predicted octanol–water partition coefficient (Wildman–Crippen LogP) is 34.9. The molecule has 0 unspecified atom stereocenters. The van der Waals surface area contributed by atoms with Gasteiger partial charge < -0.3 is 27.8 Å². The average molecular weight is 1690 g/mol. The topological polar surface area (TPSA) is 42.6 Å². The van der Waals surface area contributed by atoms with Crippen LogP contribution in [0.1, 0.15) is 49.9 Å². The zero-order valence-electron chi connectivity index (χ0n) is 73.5. The van der Waals surface area contributed by atoms with Crippen molar-refractivity contribution in [1.82, 2.24) is 9.13 Å². The van der Waals surface area contributed by atoms with Crippen molar-refractivity contribution in [1.29, 1.82) is 0 Å². The van der Waals surface area contributed by atoms with E-state index in [1.807, 2.05) is 0 Å². The van der Waals surface area contributed by atoms with Gasteiger partial charge in [0, 0.05) is 111 Å². The predicted molar refractivity (Wildman–Crippen MR) is 553 cm³/mol. The summed E-state index contributed by atoms with van der Waals surface area (Å²) in [5, 5.41) is 9.33. The lowest BCUT2D eigenvalue weighted by atomic mass is 9.82. The van der Waals surface area contributed by atoms with E-state index in [-0.39, 0.29) is 10.8 Å². The van der Waals surface area contributed by atoms with Crippen molar-refractivity contribution >= 4 is 122 Å². The molecule has 24 aromatic rings. The molecule has 0 spiro atoms. The first-order chi connectivity index (χ1) is 64.9. The molecule has 0 amide bonds. The summed E-state index contributed by atoms with van der Waals surface area (Å²) >= 11 is 0. The van der Waals surface area contributed by atoms with Gasteiger partial charge in [-0.1, -0.05) is 325 Å². The van der Waals surface area contributed by atoms with Gasteiger partial charge in [0.1, 0.15) is 22.3 Å². The quantitative estimate of drug-likeness (QED) is 0.109. The fourth-order valence-corrected chi connectivity index (χ4v) is 21.4. The van der Waals surface area contributed by atoms with E-state index in [2.05, 4.69) is 508 Å². The number of para-hydroxylation sites is 6. The van der Waals surface area contributed by atoms with Crippen LogP contribution in [0.15, 0.2) is 470 Å². The second-order valence-corrected chi connectivity index (χ2v) is 36.2. The lowest BCUT2D eigenvalue weighted by Gasteiger charge is -2.28. The molecule has 6 heteroatoms. The molecule has 2 aliphatic carbocycles. The molecule has 0 aliphatic heterocycles. The van der Waals surface area contributed by atoms with Gasteiger partial charge in [-0.15, -0.1) is 0 Å². The van der Waals surface area contributed by atoms with Crippen LogP contribution in [-0.2, 0) is 10.8 Å². The van der Waals surface area contributed by atoms with E-state index in [9.17, 15) is 0 Å². The Morgan fingerprint density at radius 2 is 0.485 bits per heavy atom. The van der Waals surface area contributed by atoms with Crippen molar-refractivity contribution in [2.75, 3.05) is 9.80 Å². The van der Waals surface area contributed by atoms with E-state index in [4.69, 9.17) is 8.83 Å². The van der Waals surface area contributed by atoms with Gasteiger partial charge in [-0.3, -0.25) is 0 Å². The number of aromatic nitrogens is 2. The molecule has 4 aromatic heterocycles. The fraction of sp³-hybridized carbons (Fsp3) is 0.0476. The highest BCUT2D eigenvalue weighted by Crippen LogP contribution is 2.55. The Hall–Kier alpha value is -16.8. The van der Waals surface area contributed by atoms with Crippen LogP contribution in [0.5, 0.6) is 0 Å². The van der Waals surface area contributed by atoms with Crippen LogP contribution in [0.3, 0.4) is 0 Å². The van der Waals surface area contributed by atoms with Crippen molar-refractivity contribution in [3.05, 3.63) is 483 Å². The van der Waals surface area contributed by atoms with E-state index in [0.29, 0.717) is 0 Å². The number of hydrogen-bond acceptors (Lipinski definition) is 4. The Labute approximate surface area is 766 Å². The third kappa shape index (κ3) is 12.8. The highest BCUT2D eigenvalue weighted by Gasteiger charge is 2.38. The monoisotopic (exact) mass is 1690 g/mol. The molecule has 20 aromatic carbocycles. The summed E-state index contributed by atoms with van der Waals surface area (Å²) in [5.41, 5.74) is 41.4. The summed E-state index contributed by atoms with van der Waals surface area (Å²) in [4.78, 5) is 4.80. The second-order valence-electron chi connectivity index (χ2n) is 36.2. The maximum Gasteiger partial charge on any atom is 0.143 e. The van der Waals surface area contributed by atoms with Crippen LogP contribution >= 0.6 is 0 Å². The number of hydrogen-bond donors (Lipinski definition) is 0. The van der Waals surface area contributed by atoms with Gasteiger partial charge in [-0.05, 0) is 264 Å². The van der Waals surface area contributed by atoms with Crippen molar-refractivity contribution in [3.8, 4) is 100 Å². The first-order valence-electron chi connectivity index (χ1n) is 45.7. The molecule has 0 saturated carbocycles. The minimum Gasteiger partial charge on any atom is -0.455 e. The van der Waals surface area contributed by atoms with Crippen molar-refractivity contribution in [3.63, 3.8) is 0 Å². The lowest BCUT2D eigenvalue weighted by Crippen LogP contribution is -2.16. The number of rotatable bonds is 14. The molecule has 6 nitrogen and oxygen atoms in total. The van der Waals surface area contributed by atoms with Crippen LogP contribution in [0, 0.1) is 0 Å². The molecule has 0 bridgehead atoms. The summed E-state index contributed by atoms with van der Waals surface area (Å²) < 4.78 is 18.2. The van der Waals surface area contributed by atoms with Crippen LogP contribution in [0.2, 0.25) is 0 Å². The minimum atomic E-state index is -0.120. The molecule has 0 N–H and O–H groups in total. The molecule has 0 saturated heterocycles. The van der Waals surface area contributed by atoms with Gasteiger partial charge in [-0.25, -0.2) is 0 Å². The Bertz CT molecular complexity index is 8650. The van der Waals surface area contributed by atoms with Gasteiger partial charge in [0.2, 0.25) is 0 Å². The van der Waals surface area contributed by atoms with E-state index in [0.717, 1.165) is 139 Å². The highest BCUT2D eigenvalue weighted by molar-refractivity contribution is 6.17. The number of furan rings is 2. The number of anilines is 6. The molecular formula is C126H88N4O2. The highest BCUT2D eigenvalue weighted by atomic mass is 16.3. The number of fused-ring (bicyclic) bond motifs is 18. The summed E-state index contributed by atoms with van der Waals surface area (Å²) in [7, 11) is 0. The SMILES string of the molecule is CC1(C)c2ccccc2-c2ccc(N(c3ccc(-c4ccccc4)cc3)c3ccc(-c4cc(-c5ccc6c(c5)c5ccccc5n6-c5ccccc5)c5oc6ccccc6c5c4)cc3)cc21.CC1(C)c2ccccc2-c2ccc(N(c3ccc(-c4ccccc4)cc3)c3ccc(-c4cc(-c5ccc6c7ccccc7n(-c7ccccc7)c6c5)c5oc6ccccc6c5c4)cc3)cc21. The normalized spacial score (nSPS) is 12.8. The zero-order valence-corrected chi connectivity index (χ0v) is 73.5. The largest absolute Gasteiger partial charge is 0.455 e. The maximum absolute atomic E-state index is 6.75. The summed E-state index contributed by atoms with van der Waals surface area (Å²) in [6.07, 6.45) is 0. The molecule has 2 aliphatic rings. The Morgan fingerprint density at radius 3 is 0.932 bits per heavy atom. The summed E-state index contributed by atoms with van der Waals surface area (Å²) in [6, 6.07) is 168. The van der Waals surface area contributed by atoms with Gasteiger partial charge in [0.25, 0.3) is 0 Å². The molecule has 0 fully saturated rings. The third-order valence-corrected chi connectivity index (χ3v) is 28.0. The van der Waals surface area contributed by atoms with E-state index in [1.54, 1.807) is 0 Å². The Morgan fingerprint density at radius 1 is 0.182 bits per heavy atom. The van der Waals surface area contributed by atoms with E-state index >= 15 is 0 Å². The third-order valence-electron chi connectivity index (χ3n) is 28.0. The van der Waals surface area contributed by atoms with Crippen molar-refractivity contribution < 1.29 is 8.83 Å². The zero-order chi connectivity index (χ0) is 87.9. The summed E-state index contributed by atoms with van der Waals surface area (Å²) in [6.45, 7) is 9.41.